The maximum absolute atomic E-state index is 12.7. The van der Waals surface area contributed by atoms with Crippen LogP contribution in [0, 0.1) is 10.1 Å². The molecule has 0 radical (unpaired) electrons. The molecule has 8 heteroatoms. The van der Waals surface area contributed by atoms with E-state index >= 15 is 0 Å². The maximum Gasteiger partial charge on any atom is 0.295 e. The van der Waals surface area contributed by atoms with Crippen LogP contribution in [0.1, 0.15) is 47.7 Å². The third-order valence-corrected chi connectivity index (χ3v) is 4.70. The molecule has 0 aliphatic heterocycles. The number of para-hydroxylation sites is 1. The zero-order valence-electron chi connectivity index (χ0n) is 15.3. The predicted molar refractivity (Wildman–Crippen MR) is 104 cm³/mol. The SMILES string of the molecule is CCc1ccc(NC(=O)c2nc(C3CC3)n(-c3ccccc3)n2)cc1[N+](=O)[O-]. The minimum absolute atomic E-state index is 0.0123. The molecule has 1 saturated carbocycles. The molecule has 0 saturated heterocycles. The van der Waals surface area contributed by atoms with Crippen molar-refractivity contribution < 1.29 is 9.72 Å². The summed E-state index contributed by atoms with van der Waals surface area (Å²) in [7, 11) is 0. The van der Waals surface area contributed by atoms with Crippen LogP contribution in [0.3, 0.4) is 0 Å². The molecule has 1 aromatic heterocycles. The van der Waals surface area contributed by atoms with Gasteiger partial charge in [0.1, 0.15) is 5.82 Å². The molecular weight excluding hydrogens is 358 g/mol. The summed E-state index contributed by atoms with van der Waals surface area (Å²) < 4.78 is 1.70. The van der Waals surface area contributed by atoms with E-state index in [0.29, 0.717) is 23.6 Å². The zero-order chi connectivity index (χ0) is 19.7. The first kappa shape index (κ1) is 17.8. The molecule has 1 aliphatic rings. The summed E-state index contributed by atoms with van der Waals surface area (Å²) in [5.41, 5.74) is 1.80. The molecule has 28 heavy (non-hydrogen) atoms. The molecule has 0 bridgehead atoms. The molecule has 1 aliphatic carbocycles. The van der Waals surface area contributed by atoms with Crippen LogP contribution in [-0.4, -0.2) is 25.6 Å². The van der Waals surface area contributed by atoms with Crippen molar-refractivity contribution in [3.8, 4) is 5.69 Å². The summed E-state index contributed by atoms with van der Waals surface area (Å²) in [5.74, 6) is 0.631. The Labute approximate surface area is 161 Å². The van der Waals surface area contributed by atoms with Crippen molar-refractivity contribution in [3.63, 3.8) is 0 Å². The van der Waals surface area contributed by atoms with Gasteiger partial charge in [-0.05, 0) is 37.5 Å². The van der Waals surface area contributed by atoms with Crippen LogP contribution >= 0.6 is 0 Å². The van der Waals surface area contributed by atoms with Gasteiger partial charge in [0.05, 0.1) is 10.6 Å². The second-order valence-corrected chi connectivity index (χ2v) is 6.72. The van der Waals surface area contributed by atoms with Crippen molar-refractivity contribution in [3.05, 3.63) is 75.9 Å². The Morgan fingerprint density at radius 1 is 1.25 bits per heavy atom. The largest absolute Gasteiger partial charge is 0.319 e. The number of hydrogen-bond acceptors (Lipinski definition) is 5. The average molecular weight is 377 g/mol. The van der Waals surface area contributed by atoms with Crippen molar-refractivity contribution in [1.82, 2.24) is 14.8 Å². The smallest absolute Gasteiger partial charge is 0.295 e. The number of aryl methyl sites for hydroxylation is 1. The molecule has 142 valence electrons. The minimum Gasteiger partial charge on any atom is -0.319 e. The van der Waals surface area contributed by atoms with Crippen molar-refractivity contribution in [1.29, 1.82) is 0 Å². The van der Waals surface area contributed by atoms with Crippen LogP contribution < -0.4 is 5.32 Å². The van der Waals surface area contributed by atoms with E-state index in [-0.39, 0.29) is 11.5 Å². The van der Waals surface area contributed by atoms with Crippen LogP contribution in [-0.2, 0) is 6.42 Å². The number of nitro groups is 1. The molecular formula is C20H19N5O3. The first-order valence-electron chi connectivity index (χ1n) is 9.18. The van der Waals surface area contributed by atoms with Gasteiger partial charge in [0, 0.05) is 23.2 Å². The number of anilines is 1. The lowest BCUT2D eigenvalue weighted by Crippen LogP contribution is -2.14. The lowest BCUT2D eigenvalue weighted by Gasteiger charge is -2.05. The van der Waals surface area contributed by atoms with Crippen LogP contribution in [0.5, 0.6) is 0 Å². The second kappa shape index (κ2) is 7.22. The average Bonchev–Trinajstić information content (AvgIpc) is 3.46. The maximum atomic E-state index is 12.7. The lowest BCUT2D eigenvalue weighted by molar-refractivity contribution is -0.385. The van der Waals surface area contributed by atoms with Gasteiger partial charge in [0.2, 0.25) is 5.82 Å². The Hall–Kier alpha value is -3.55. The second-order valence-electron chi connectivity index (χ2n) is 6.72. The highest BCUT2D eigenvalue weighted by molar-refractivity contribution is 6.01. The van der Waals surface area contributed by atoms with Gasteiger partial charge in [-0.3, -0.25) is 14.9 Å². The van der Waals surface area contributed by atoms with Gasteiger partial charge in [-0.25, -0.2) is 9.67 Å². The normalized spacial score (nSPS) is 13.3. The van der Waals surface area contributed by atoms with E-state index in [9.17, 15) is 14.9 Å². The van der Waals surface area contributed by atoms with Gasteiger partial charge in [0.15, 0.2) is 0 Å². The number of rotatable bonds is 6. The zero-order valence-corrected chi connectivity index (χ0v) is 15.3. The summed E-state index contributed by atoms with van der Waals surface area (Å²) >= 11 is 0. The monoisotopic (exact) mass is 377 g/mol. The summed E-state index contributed by atoms with van der Waals surface area (Å²) in [6.07, 6.45) is 2.59. The highest BCUT2D eigenvalue weighted by Crippen LogP contribution is 2.39. The third kappa shape index (κ3) is 3.48. The summed E-state index contributed by atoms with van der Waals surface area (Å²) in [6.45, 7) is 1.85. The topological polar surface area (TPSA) is 103 Å². The molecule has 0 spiro atoms. The van der Waals surface area contributed by atoms with Crippen molar-refractivity contribution in [2.24, 2.45) is 0 Å². The Morgan fingerprint density at radius 3 is 2.64 bits per heavy atom. The van der Waals surface area contributed by atoms with E-state index in [1.54, 1.807) is 16.8 Å². The summed E-state index contributed by atoms with van der Waals surface area (Å²) in [6, 6.07) is 14.2. The highest BCUT2D eigenvalue weighted by atomic mass is 16.6. The highest BCUT2D eigenvalue weighted by Gasteiger charge is 2.31. The van der Waals surface area contributed by atoms with E-state index < -0.39 is 10.8 Å². The molecule has 0 unspecified atom stereocenters. The summed E-state index contributed by atoms with van der Waals surface area (Å²) in [5, 5.41) is 18.3. The Kier molecular flexibility index (Phi) is 4.60. The van der Waals surface area contributed by atoms with Gasteiger partial charge in [0.25, 0.3) is 11.6 Å². The number of amides is 1. The first-order valence-corrected chi connectivity index (χ1v) is 9.18. The number of aromatic nitrogens is 3. The van der Waals surface area contributed by atoms with Gasteiger partial charge in [-0.2, -0.15) is 0 Å². The van der Waals surface area contributed by atoms with Gasteiger partial charge >= 0.3 is 0 Å². The quantitative estimate of drug-likeness (QED) is 0.519. The molecule has 4 rings (SSSR count). The number of nitro benzene ring substituents is 1. The fraction of sp³-hybridized carbons (Fsp3) is 0.250. The van der Waals surface area contributed by atoms with Crippen LogP contribution in [0.2, 0.25) is 0 Å². The number of carbonyl (C=O) groups is 1. The van der Waals surface area contributed by atoms with Crippen LogP contribution in [0.25, 0.3) is 5.69 Å². The number of nitrogens with one attached hydrogen (secondary N) is 1. The van der Waals surface area contributed by atoms with Crippen LogP contribution in [0.4, 0.5) is 11.4 Å². The first-order chi connectivity index (χ1) is 13.6. The van der Waals surface area contributed by atoms with Gasteiger partial charge < -0.3 is 5.32 Å². The van der Waals surface area contributed by atoms with Gasteiger partial charge in [-0.15, -0.1) is 5.10 Å². The molecule has 1 fully saturated rings. The Balaban J connectivity index is 1.62. The Bertz CT molecular complexity index is 1040. The fourth-order valence-corrected chi connectivity index (χ4v) is 3.08. The molecule has 8 nitrogen and oxygen atoms in total. The molecule has 3 aromatic rings. The predicted octanol–water partition coefficient (Wildman–Crippen LogP) is 3.87. The van der Waals surface area contributed by atoms with Crippen LogP contribution in [0.15, 0.2) is 48.5 Å². The van der Waals surface area contributed by atoms with E-state index in [0.717, 1.165) is 24.4 Å². The Morgan fingerprint density at radius 2 is 2.00 bits per heavy atom. The molecule has 2 aromatic carbocycles. The molecule has 1 amide bonds. The number of nitrogens with zero attached hydrogens (tertiary/aromatic N) is 4. The number of carbonyl (C=O) groups excluding carboxylic acids is 1. The van der Waals surface area contributed by atoms with E-state index in [1.165, 1.54) is 6.07 Å². The van der Waals surface area contributed by atoms with E-state index in [2.05, 4.69) is 15.4 Å². The number of benzene rings is 2. The minimum atomic E-state index is -0.491. The third-order valence-electron chi connectivity index (χ3n) is 4.70. The van der Waals surface area contributed by atoms with Crippen molar-refractivity contribution in [2.45, 2.75) is 32.1 Å². The lowest BCUT2D eigenvalue weighted by atomic mass is 10.1. The molecule has 1 N–H and O–H groups in total. The molecule has 1 heterocycles. The standard InChI is InChI=1S/C20H19N5O3/c1-2-13-10-11-15(12-17(13)25(27)28)21-20(26)18-22-19(14-8-9-14)24(23-18)16-6-4-3-5-7-16/h3-7,10-12,14H,2,8-9H2,1H3,(H,21,26). The molecule has 0 atom stereocenters. The van der Waals surface area contributed by atoms with E-state index in [1.807, 2.05) is 37.3 Å². The van der Waals surface area contributed by atoms with Crippen molar-refractivity contribution >= 4 is 17.3 Å². The number of hydrogen-bond donors (Lipinski definition) is 1. The summed E-state index contributed by atoms with van der Waals surface area (Å²) in [4.78, 5) is 27.9. The van der Waals surface area contributed by atoms with E-state index in [4.69, 9.17) is 0 Å². The van der Waals surface area contributed by atoms with Crippen molar-refractivity contribution in [2.75, 3.05) is 5.32 Å². The fourth-order valence-electron chi connectivity index (χ4n) is 3.08. The van der Waals surface area contributed by atoms with Gasteiger partial charge in [-0.1, -0.05) is 31.2 Å².